The topological polar surface area (TPSA) is 77.2 Å². The Labute approximate surface area is 92.2 Å². The summed E-state index contributed by atoms with van der Waals surface area (Å²) >= 11 is 0. The lowest BCUT2D eigenvalue weighted by Gasteiger charge is -2.32. The monoisotopic (exact) mass is 212 g/mol. The fourth-order valence-electron chi connectivity index (χ4n) is 0.942. The molecular formula is C10H21BN2O2. The summed E-state index contributed by atoms with van der Waals surface area (Å²) in [5.41, 5.74) is -0.229. The van der Waals surface area contributed by atoms with Crippen molar-refractivity contribution in [2.24, 2.45) is 5.92 Å². The van der Waals surface area contributed by atoms with Gasteiger partial charge in [-0.05, 0) is 26.7 Å². The van der Waals surface area contributed by atoms with Crippen LogP contribution in [0.4, 0.5) is 0 Å². The van der Waals surface area contributed by atoms with Crippen LogP contribution < -0.4 is 0 Å². The van der Waals surface area contributed by atoms with E-state index < -0.39 is 18.5 Å². The SMILES string of the molecule is CC(=N)C(C=N)B(O)OC(C)(C)C(C)C. The predicted molar refractivity (Wildman–Crippen MR) is 63.9 cm³/mol. The molecule has 0 radical (unpaired) electrons. The van der Waals surface area contributed by atoms with Crippen LogP contribution in [0.5, 0.6) is 0 Å². The average Bonchev–Trinajstić information content (AvgIpc) is 2.02. The van der Waals surface area contributed by atoms with E-state index in [0.29, 0.717) is 0 Å². The lowest BCUT2D eigenvalue weighted by molar-refractivity contribution is 0.0380. The number of rotatable bonds is 6. The second-order valence-corrected chi connectivity index (χ2v) is 4.64. The van der Waals surface area contributed by atoms with Crippen molar-refractivity contribution in [3.05, 3.63) is 0 Å². The van der Waals surface area contributed by atoms with E-state index in [2.05, 4.69) is 0 Å². The third-order valence-corrected chi connectivity index (χ3v) is 2.80. The molecule has 0 rings (SSSR count). The largest absolute Gasteiger partial charge is 0.469 e. The van der Waals surface area contributed by atoms with Gasteiger partial charge in [-0.15, -0.1) is 0 Å². The minimum Gasteiger partial charge on any atom is -0.426 e. The minimum atomic E-state index is -1.11. The Kier molecular flexibility index (Phi) is 5.18. The summed E-state index contributed by atoms with van der Waals surface area (Å²) in [5, 5.41) is 24.3. The molecule has 0 fully saturated rings. The van der Waals surface area contributed by atoms with Gasteiger partial charge in [0, 0.05) is 11.9 Å². The lowest BCUT2D eigenvalue weighted by atomic mass is 9.69. The molecule has 86 valence electrons. The molecule has 0 aromatic heterocycles. The van der Waals surface area contributed by atoms with Crippen molar-refractivity contribution in [3.8, 4) is 0 Å². The minimum absolute atomic E-state index is 0.233. The first-order valence-electron chi connectivity index (χ1n) is 5.14. The molecule has 0 spiro atoms. The molecule has 0 bridgehead atoms. The highest BCUT2D eigenvalue weighted by atomic mass is 16.5. The zero-order valence-corrected chi connectivity index (χ0v) is 10.2. The van der Waals surface area contributed by atoms with E-state index in [1.54, 1.807) is 6.92 Å². The molecule has 15 heavy (non-hydrogen) atoms. The Bertz CT molecular complexity index is 242. The van der Waals surface area contributed by atoms with E-state index in [1.807, 2.05) is 27.7 Å². The second-order valence-electron chi connectivity index (χ2n) is 4.64. The van der Waals surface area contributed by atoms with E-state index in [0.717, 1.165) is 6.21 Å². The van der Waals surface area contributed by atoms with Gasteiger partial charge < -0.3 is 20.5 Å². The molecular weight excluding hydrogens is 191 g/mol. The molecule has 1 atom stereocenters. The van der Waals surface area contributed by atoms with Gasteiger partial charge in [-0.25, -0.2) is 0 Å². The molecule has 0 aromatic carbocycles. The molecule has 4 nitrogen and oxygen atoms in total. The highest BCUT2D eigenvalue weighted by Crippen LogP contribution is 2.23. The van der Waals surface area contributed by atoms with Crippen molar-refractivity contribution in [2.45, 2.75) is 46.0 Å². The van der Waals surface area contributed by atoms with E-state index in [9.17, 15) is 5.02 Å². The van der Waals surface area contributed by atoms with Crippen molar-refractivity contribution < 1.29 is 9.68 Å². The third-order valence-electron chi connectivity index (χ3n) is 2.80. The van der Waals surface area contributed by atoms with Gasteiger partial charge >= 0.3 is 7.12 Å². The van der Waals surface area contributed by atoms with Crippen molar-refractivity contribution in [2.75, 3.05) is 0 Å². The standard InChI is InChI=1S/C10H21BN2O2/c1-7(2)10(4,5)15-11(14)9(6-12)8(3)13/h6-7,9,12-14H,1-5H3. The van der Waals surface area contributed by atoms with Crippen LogP contribution in [-0.4, -0.2) is 29.7 Å². The Morgan fingerprint density at radius 1 is 1.47 bits per heavy atom. The molecule has 0 aliphatic rings. The number of hydrogen-bond acceptors (Lipinski definition) is 4. The zero-order chi connectivity index (χ0) is 12.2. The van der Waals surface area contributed by atoms with Gasteiger partial charge in [-0.3, -0.25) is 0 Å². The van der Waals surface area contributed by atoms with Crippen LogP contribution >= 0.6 is 0 Å². The Hall–Kier alpha value is -0.675. The van der Waals surface area contributed by atoms with Crippen LogP contribution in [0.15, 0.2) is 0 Å². The van der Waals surface area contributed by atoms with Crippen LogP contribution in [0, 0.1) is 16.7 Å². The van der Waals surface area contributed by atoms with Gasteiger partial charge in [0.15, 0.2) is 0 Å². The Morgan fingerprint density at radius 3 is 2.20 bits per heavy atom. The van der Waals surface area contributed by atoms with Gasteiger partial charge in [-0.2, -0.15) is 0 Å². The molecule has 0 saturated carbocycles. The van der Waals surface area contributed by atoms with Gasteiger partial charge in [0.25, 0.3) is 0 Å². The fraction of sp³-hybridized carbons (Fsp3) is 0.800. The van der Waals surface area contributed by atoms with Crippen molar-refractivity contribution in [1.29, 1.82) is 10.8 Å². The Morgan fingerprint density at radius 2 is 1.93 bits per heavy atom. The van der Waals surface area contributed by atoms with E-state index in [4.69, 9.17) is 15.5 Å². The first-order chi connectivity index (χ1) is 6.72. The number of nitrogens with one attached hydrogen (secondary N) is 2. The number of hydrogen-bond donors (Lipinski definition) is 3. The smallest absolute Gasteiger partial charge is 0.426 e. The fourth-order valence-corrected chi connectivity index (χ4v) is 0.942. The maximum Gasteiger partial charge on any atom is 0.469 e. The molecule has 0 aliphatic heterocycles. The normalized spacial score (nSPS) is 13.8. The van der Waals surface area contributed by atoms with Crippen LogP contribution in [0.3, 0.4) is 0 Å². The van der Waals surface area contributed by atoms with Gasteiger partial charge in [0.05, 0.1) is 11.4 Å². The molecule has 0 saturated heterocycles. The summed E-state index contributed by atoms with van der Waals surface area (Å²) in [6.07, 6.45) is 1.05. The Balaban J connectivity index is 4.53. The van der Waals surface area contributed by atoms with E-state index >= 15 is 0 Å². The third kappa shape index (κ3) is 4.14. The van der Waals surface area contributed by atoms with E-state index in [1.165, 1.54) is 0 Å². The molecule has 0 heterocycles. The molecule has 3 N–H and O–H groups in total. The zero-order valence-electron chi connectivity index (χ0n) is 10.2. The lowest BCUT2D eigenvalue weighted by Crippen LogP contribution is -2.42. The van der Waals surface area contributed by atoms with Gasteiger partial charge in [-0.1, -0.05) is 13.8 Å². The molecule has 1 unspecified atom stereocenters. The first kappa shape index (κ1) is 14.3. The molecule has 0 aliphatic carbocycles. The summed E-state index contributed by atoms with van der Waals surface area (Å²) in [6.45, 7) is 9.35. The van der Waals surface area contributed by atoms with Crippen LogP contribution in [0.25, 0.3) is 0 Å². The highest BCUT2D eigenvalue weighted by molar-refractivity contribution is 6.56. The summed E-state index contributed by atoms with van der Waals surface area (Å²) in [7, 11) is -1.11. The molecule has 5 heteroatoms. The van der Waals surface area contributed by atoms with Crippen molar-refractivity contribution in [1.82, 2.24) is 0 Å². The summed E-state index contributed by atoms with van der Waals surface area (Å²) in [5.74, 6) is -0.396. The summed E-state index contributed by atoms with van der Waals surface area (Å²) in [4.78, 5) is 0. The highest BCUT2D eigenvalue weighted by Gasteiger charge is 2.34. The van der Waals surface area contributed by atoms with Crippen LogP contribution in [-0.2, 0) is 4.65 Å². The molecule has 0 amide bonds. The first-order valence-corrected chi connectivity index (χ1v) is 5.14. The van der Waals surface area contributed by atoms with Crippen LogP contribution in [0.1, 0.15) is 34.6 Å². The van der Waals surface area contributed by atoms with Crippen molar-refractivity contribution in [3.63, 3.8) is 0 Å². The van der Waals surface area contributed by atoms with Crippen molar-refractivity contribution >= 4 is 19.0 Å². The van der Waals surface area contributed by atoms with Gasteiger partial charge in [0.2, 0.25) is 0 Å². The quantitative estimate of drug-likeness (QED) is 0.465. The maximum absolute atomic E-state index is 9.75. The van der Waals surface area contributed by atoms with E-state index in [-0.39, 0.29) is 11.6 Å². The average molecular weight is 212 g/mol. The summed E-state index contributed by atoms with van der Waals surface area (Å²) < 4.78 is 5.48. The van der Waals surface area contributed by atoms with Crippen LogP contribution in [0.2, 0.25) is 5.82 Å². The second kappa shape index (κ2) is 5.42. The molecule has 0 aromatic rings. The summed E-state index contributed by atoms with van der Waals surface area (Å²) in [6, 6.07) is 0. The maximum atomic E-state index is 9.75. The van der Waals surface area contributed by atoms with Gasteiger partial charge in [0.1, 0.15) is 0 Å². The predicted octanol–water partition coefficient (Wildman–Crippen LogP) is 1.98.